The Morgan fingerprint density at radius 3 is 2.55 bits per heavy atom. The summed E-state index contributed by atoms with van der Waals surface area (Å²) in [6, 6.07) is -0.0970. The molecule has 2 atom stereocenters. The van der Waals surface area contributed by atoms with E-state index in [9.17, 15) is 9.90 Å². The maximum absolute atomic E-state index is 11.3. The van der Waals surface area contributed by atoms with Crippen LogP contribution < -0.4 is 5.32 Å². The van der Waals surface area contributed by atoms with Crippen molar-refractivity contribution in [3.05, 3.63) is 11.4 Å². The van der Waals surface area contributed by atoms with Crippen molar-refractivity contribution in [3.63, 3.8) is 0 Å². The highest BCUT2D eigenvalue weighted by molar-refractivity contribution is 5.71. The molecule has 0 bridgehead atoms. The van der Waals surface area contributed by atoms with Gasteiger partial charge in [-0.15, -0.1) is 5.10 Å². The van der Waals surface area contributed by atoms with Crippen molar-refractivity contribution in [2.45, 2.75) is 58.4 Å². The van der Waals surface area contributed by atoms with Crippen LogP contribution in [0.4, 0.5) is 5.95 Å². The van der Waals surface area contributed by atoms with Gasteiger partial charge in [0, 0.05) is 6.04 Å². The van der Waals surface area contributed by atoms with Crippen molar-refractivity contribution < 1.29 is 9.90 Å². The number of aromatic nitrogens is 3. The topological polar surface area (TPSA) is 88.0 Å². The maximum atomic E-state index is 11.3. The van der Waals surface area contributed by atoms with E-state index >= 15 is 0 Å². The highest BCUT2D eigenvalue weighted by atomic mass is 16.4. The molecule has 0 aromatic carbocycles. The largest absolute Gasteiger partial charge is 0.481 e. The molecule has 1 heterocycles. The van der Waals surface area contributed by atoms with Crippen LogP contribution >= 0.6 is 0 Å². The van der Waals surface area contributed by atoms with Crippen LogP contribution in [0.2, 0.25) is 0 Å². The Balaban J connectivity index is 2.13. The lowest BCUT2D eigenvalue weighted by Gasteiger charge is -2.29. The fourth-order valence-corrected chi connectivity index (χ4v) is 2.76. The quantitative estimate of drug-likeness (QED) is 0.857. The second kappa shape index (κ2) is 6.63. The zero-order valence-corrected chi connectivity index (χ0v) is 12.1. The molecule has 2 N–H and O–H groups in total. The van der Waals surface area contributed by atoms with Crippen LogP contribution in [0.15, 0.2) is 0 Å². The van der Waals surface area contributed by atoms with E-state index in [0.717, 1.165) is 43.5 Å². The van der Waals surface area contributed by atoms with Gasteiger partial charge in [-0.2, -0.15) is 5.10 Å². The summed E-state index contributed by atoms with van der Waals surface area (Å²) in [6.07, 6.45) is 5.20. The minimum Gasteiger partial charge on any atom is -0.481 e. The summed E-state index contributed by atoms with van der Waals surface area (Å²) >= 11 is 0. The zero-order chi connectivity index (χ0) is 14.5. The molecule has 1 fully saturated rings. The van der Waals surface area contributed by atoms with Crippen molar-refractivity contribution in [2.75, 3.05) is 5.32 Å². The lowest BCUT2D eigenvalue weighted by Crippen LogP contribution is -2.37. The molecular weight excluding hydrogens is 256 g/mol. The van der Waals surface area contributed by atoms with Crippen molar-refractivity contribution >= 4 is 11.9 Å². The van der Waals surface area contributed by atoms with Crippen molar-refractivity contribution in [2.24, 2.45) is 5.92 Å². The standard InChI is InChI=1S/C14H22N4O2/c1-3-10-11(4-2)17-18-14(15-10)16-12-8-6-5-7-9(12)13(19)20/h9,12H,3-8H2,1-2H3,(H,19,20)(H,15,16,18). The van der Waals surface area contributed by atoms with Gasteiger partial charge in [0.25, 0.3) is 0 Å². The summed E-state index contributed by atoms with van der Waals surface area (Å²) in [4.78, 5) is 15.8. The van der Waals surface area contributed by atoms with E-state index in [2.05, 4.69) is 20.5 Å². The van der Waals surface area contributed by atoms with E-state index in [0.29, 0.717) is 12.4 Å². The van der Waals surface area contributed by atoms with E-state index in [-0.39, 0.29) is 12.0 Å². The molecule has 1 aromatic rings. The van der Waals surface area contributed by atoms with Crippen LogP contribution in [0.1, 0.15) is 50.9 Å². The minimum atomic E-state index is -0.740. The van der Waals surface area contributed by atoms with Crippen LogP contribution in [-0.4, -0.2) is 32.3 Å². The molecule has 1 aliphatic carbocycles. The molecule has 20 heavy (non-hydrogen) atoms. The van der Waals surface area contributed by atoms with Gasteiger partial charge in [-0.3, -0.25) is 4.79 Å². The van der Waals surface area contributed by atoms with E-state index in [1.807, 2.05) is 13.8 Å². The van der Waals surface area contributed by atoms with E-state index in [4.69, 9.17) is 0 Å². The number of carboxylic acids is 1. The molecule has 110 valence electrons. The molecule has 6 heteroatoms. The fraction of sp³-hybridized carbons (Fsp3) is 0.714. The number of aryl methyl sites for hydroxylation is 2. The van der Waals surface area contributed by atoms with Gasteiger partial charge in [0.15, 0.2) is 0 Å². The first-order chi connectivity index (χ1) is 9.65. The Morgan fingerprint density at radius 2 is 1.90 bits per heavy atom. The number of carbonyl (C=O) groups is 1. The highest BCUT2D eigenvalue weighted by Gasteiger charge is 2.31. The molecule has 1 aromatic heterocycles. The molecule has 0 spiro atoms. The number of hydrogen-bond acceptors (Lipinski definition) is 5. The number of aliphatic carboxylic acids is 1. The van der Waals surface area contributed by atoms with E-state index in [1.165, 1.54) is 0 Å². The third kappa shape index (κ3) is 3.23. The molecule has 2 rings (SSSR count). The molecule has 1 aliphatic rings. The lowest BCUT2D eigenvalue weighted by atomic mass is 9.84. The van der Waals surface area contributed by atoms with Gasteiger partial charge in [-0.1, -0.05) is 26.7 Å². The Morgan fingerprint density at radius 1 is 1.20 bits per heavy atom. The second-order valence-corrected chi connectivity index (χ2v) is 5.22. The predicted octanol–water partition coefficient (Wildman–Crippen LogP) is 2.05. The summed E-state index contributed by atoms with van der Waals surface area (Å²) in [5.74, 6) is -0.642. The van der Waals surface area contributed by atoms with Crippen molar-refractivity contribution in [1.29, 1.82) is 0 Å². The number of rotatable bonds is 5. The van der Waals surface area contributed by atoms with Gasteiger partial charge >= 0.3 is 5.97 Å². The maximum Gasteiger partial charge on any atom is 0.308 e. The smallest absolute Gasteiger partial charge is 0.308 e. The van der Waals surface area contributed by atoms with Crippen LogP contribution in [0.3, 0.4) is 0 Å². The summed E-state index contributed by atoms with van der Waals surface area (Å²) in [5, 5.41) is 20.7. The van der Waals surface area contributed by atoms with Gasteiger partial charge < -0.3 is 10.4 Å². The number of nitrogens with zero attached hydrogens (tertiary/aromatic N) is 3. The molecule has 0 amide bonds. The SMILES string of the molecule is CCc1nnc(NC2CCCCC2C(=O)O)nc1CC. The summed E-state index contributed by atoms with van der Waals surface area (Å²) in [7, 11) is 0. The average Bonchev–Trinajstić information content (AvgIpc) is 2.47. The fourth-order valence-electron chi connectivity index (χ4n) is 2.76. The molecular formula is C14H22N4O2. The Labute approximate surface area is 119 Å². The van der Waals surface area contributed by atoms with Gasteiger partial charge in [0.2, 0.25) is 5.95 Å². The summed E-state index contributed by atoms with van der Waals surface area (Å²) < 4.78 is 0. The summed E-state index contributed by atoms with van der Waals surface area (Å²) in [5.41, 5.74) is 1.85. The molecule has 0 saturated heterocycles. The third-order valence-electron chi connectivity index (χ3n) is 3.91. The number of carboxylic acid groups (broad SMARTS) is 1. The monoisotopic (exact) mass is 278 g/mol. The Kier molecular flexibility index (Phi) is 4.87. The van der Waals surface area contributed by atoms with Crippen LogP contribution in [0.5, 0.6) is 0 Å². The number of hydrogen-bond donors (Lipinski definition) is 2. The summed E-state index contributed by atoms with van der Waals surface area (Å²) in [6.45, 7) is 4.06. The van der Waals surface area contributed by atoms with Crippen LogP contribution in [0, 0.1) is 5.92 Å². The zero-order valence-electron chi connectivity index (χ0n) is 12.1. The normalized spacial score (nSPS) is 22.5. The van der Waals surface area contributed by atoms with Gasteiger partial charge in [-0.05, 0) is 25.7 Å². The molecule has 1 saturated carbocycles. The minimum absolute atomic E-state index is 0.0970. The molecule has 0 radical (unpaired) electrons. The second-order valence-electron chi connectivity index (χ2n) is 5.22. The molecule has 6 nitrogen and oxygen atoms in total. The van der Waals surface area contributed by atoms with Gasteiger partial charge in [-0.25, -0.2) is 4.98 Å². The first-order valence-electron chi connectivity index (χ1n) is 7.37. The molecule has 2 unspecified atom stereocenters. The number of anilines is 1. The highest BCUT2D eigenvalue weighted by Crippen LogP contribution is 2.26. The van der Waals surface area contributed by atoms with Crippen molar-refractivity contribution in [3.8, 4) is 0 Å². The first-order valence-corrected chi connectivity index (χ1v) is 7.37. The lowest BCUT2D eigenvalue weighted by molar-refractivity contribution is -0.143. The number of nitrogens with one attached hydrogen (secondary N) is 1. The molecule has 0 aliphatic heterocycles. The Bertz CT molecular complexity index is 478. The van der Waals surface area contributed by atoms with Crippen LogP contribution in [-0.2, 0) is 17.6 Å². The third-order valence-corrected chi connectivity index (χ3v) is 3.91. The van der Waals surface area contributed by atoms with Gasteiger partial charge in [0.05, 0.1) is 17.3 Å². The van der Waals surface area contributed by atoms with Gasteiger partial charge in [0.1, 0.15) is 0 Å². The average molecular weight is 278 g/mol. The Hall–Kier alpha value is -1.72. The predicted molar refractivity (Wildman–Crippen MR) is 75.6 cm³/mol. The van der Waals surface area contributed by atoms with Crippen molar-refractivity contribution in [1.82, 2.24) is 15.2 Å². The first kappa shape index (κ1) is 14.7. The van der Waals surface area contributed by atoms with E-state index < -0.39 is 5.97 Å². The van der Waals surface area contributed by atoms with Crippen LogP contribution in [0.25, 0.3) is 0 Å². The van der Waals surface area contributed by atoms with E-state index in [1.54, 1.807) is 0 Å².